The Morgan fingerprint density at radius 1 is 0.810 bits per heavy atom. The fourth-order valence-corrected chi connectivity index (χ4v) is 2.15. The largest absolute Gasteiger partial charge is 0.390 e. The Morgan fingerprint density at radius 3 is 1.76 bits per heavy atom. The number of nitrogens with two attached hydrogens (primary N) is 1. The van der Waals surface area contributed by atoms with Gasteiger partial charge in [-0.3, -0.25) is 0 Å². The van der Waals surface area contributed by atoms with Gasteiger partial charge in [0.2, 0.25) is 0 Å². The molecule has 0 aliphatic heterocycles. The number of hydrogen-bond acceptors (Lipinski definition) is 5. The smallest absolute Gasteiger partial charge is 0.320 e. The van der Waals surface area contributed by atoms with Gasteiger partial charge < -0.3 is 15.1 Å². The van der Waals surface area contributed by atoms with Gasteiger partial charge in [0.1, 0.15) is 0 Å². The van der Waals surface area contributed by atoms with Crippen molar-refractivity contribution >= 4 is 12.0 Å². The molecule has 0 fully saturated rings. The second kappa shape index (κ2) is 6.09. The summed E-state index contributed by atoms with van der Waals surface area (Å²) >= 11 is 0. The predicted molar refractivity (Wildman–Crippen MR) is 81.5 cm³/mol. The summed E-state index contributed by atoms with van der Waals surface area (Å²) in [6, 6.07) is 20.8. The molecule has 0 bridgehead atoms. The molecule has 0 radical (unpaired) electrons. The fourth-order valence-electron chi connectivity index (χ4n) is 2.15. The van der Waals surface area contributed by atoms with Crippen LogP contribution in [0.15, 0.2) is 65.1 Å². The number of hydrogen-bond donors (Lipinski definition) is 1. The summed E-state index contributed by atoms with van der Waals surface area (Å²) in [5.41, 5.74) is 7.88. The highest BCUT2D eigenvalue weighted by atomic mass is 16.4. The summed E-state index contributed by atoms with van der Waals surface area (Å²) < 4.78 is 5.37. The van der Waals surface area contributed by atoms with E-state index in [1.807, 2.05) is 41.3 Å². The number of nitrogens with zero attached hydrogens (tertiary/aromatic N) is 3. The lowest BCUT2D eigenvalue weighted by Gasteiger charge is -2.20. The highest BCUT2D eigenvalue weighted by molar-refractivity contribution is 5.33. The molecule has 0 saturated carbocycles. The lowest BCUT2D eigenvalue weighted by atomic mass is 10.2. The molecule has 1 heterocycles. The van der Waals surface area contributed by atoms with Crippen molar-refractivity contribution in [2.75, 3.05) is 10.6 Å². The Balaban J connectivity index is 1.84. The zero-order valence-corrected chi connectivity index (χ0v) is 11.5. The Morgan fingerprint density at radius 2 is 1.33 bits per heavy atom. The molecule has 3 rings (SSSR count). The first kappa shape index (κ1) is 13.2. The Bertz CT molecular complexity index is 640. The zero-order valence-electron chi connectivity index (χ0n) is 11.5. The van der Waals surface area contributed by atoms with Crippen molar-refractivity contribution in [2.45, 2.75) is 13.1 Å². The monoisotopic (exact) mass is 280 g/mol. The highest BCUT2D eigenvalue weighted by Gasteiger charge is 2.14. The maximum Gasteiger partial charge on any atom is 0.320 e. The van der Waals surface area contributed by atoms with Crippen molar-refractivity contribution in [3.05, 3.63) is 71.8 Å². The van der Waals surface area contributed by atoms with Crippen molar-refractivity contribution < 1.29 is 4.42 Å². The van der Waals surface area contributed by atoms with Crippen molar-refractivity contribution in [1.82, 2.24) is 10.2 Å². The predicted octanol–water partition coefficient (Wildman–Crippen LogP) is 2.86. The molecule has 0 spiro atoms. The summed E-state index contributed by atoms with van der Waals surface area (Å²) in [5.74, 6) is 0. The van der Waals surface area contributed by atoms with E-state index in [4.69, 9.17) is 10.2 Å². The Hall–Kier alpha value is -2.82. The van der Waals surface area contributed by atoms with E-state index >= 15 is 0 Å². The molecule has 0 unspecified atom stereocenters. The lowest BCUT2D eigenvalue weighted by molar-refractivity contribution is 0.543. The van der Waals surface area contributed by atoms with Crippen LogP contribution < -0.4 is 10.6 Å². The zero-order chi connectivity index (χ0) is 14.5. The minimum Gasteiger partial charge on any atom is -0.390 e. The molecule has 0 aliphatic rings. The van der Waals surface area contributed by atoms with E-state index in [2.05, 4.69) is 34.5 Å². The number of nitrogen functional groups attached to an aromatic ring is 1. The average Bonchev–Trinajstić information content (AvgIpc) is 2.95. The van der Waals surface area contributed by atoms with E-state index in [-0.39, 0.29) is 6.01 Å². The van der Waals surface area contributed by atoms with Gasteiger partial charge in [-0.15, -0.1) is 0 Å². The molecule has 0 aliphatic carbocycles. The topological polar surface area (TPSA) is 68.2 Å². The number of anilines is 2. The molecule has 0 amide bonds. The summed E-state index contributed by atoms with van der Waals surface area (Å²) in [6.07, 6.45) is 0. The fraction of sp³-hybridized carbons (Fsp3) is 0.125. The van der Waals surface area contributed by atoms with Gasteiger partial charge in [0, 0.05) is 13.1 Å². The number of rotatable bonds is 5. The van der Waals surface area contributed by atoms with Crippen LogP contribution in [0.4, 0.5) is 12.0 Å². The Labute approximate surface area is 123 Å². The molecule has 21 heavy (non-hydrogen) atoms. The molecule has 2 N–H and O–H groups in total. The SMILES string of the molecule is Nc1nnc(N(Cc2ccccc2)Cc2ccccc2)o1. The molecular weight excluding hydrogens is 264 g/mol. The van der Waals surface area contributed by atoms with Crippen LogP contribution in [0.1, 0.15) is 11.1 Å². The van der Waals surface area contributed by atoms with E-state index < -0.39 is 0 Å². The molecule has 5 nitrogen and oxygen atoms in total. The van der Waals surface area contributed by atoms with Crippen LogP contribution in [-0.2, 0) is 13.1 Å². The van der Waals surface area contributed by atoms with Gasteiger partial charge in [-0.1, -0.05) is 70.9 Å². The molecule has 106 valence electrons. The Kier molecular flexibility index (Phi) is 3.82. The van der Waals surface area contributed by atoms with E-state index in [9.17, 15) is 0 Å². The van der Waals surface area contributed by atoms with Crippen molar-refractivity contribution in [2.24, 2.45) is 0 Å². The van der Waals surface area contributed by atoms with Gasteiger partial charge in [-0.05, 0) is 11.1 Å². The second-order valence-corrected chi connectivity index (χ2v) is 4.75. The van der Waals surface area contributed by atoms with Crippen LogP contribution >= 0.6 is 0 Å². The molecule has 2 aromatic carbocycles. The third kappa shape index (κ3) is 3.39. The number of aromatic nitrogens is 2. The summed E-state index contributed by atoms with van der Waals surface area (Å²) in [4.78, 5) is 2.01. The van der Waals surface area contributed by atoms with Crippen molar-refractivity contribution in [3.63, 3.8) is 0 Å². The quantitative estimate of drug-likeness (QED) is 0.778. The minimum atomic E-state index is 0.0797. The van der Waals surface area contributed by atoms with Gasteiger partial charge in [0.05, 0.1) is 0 Å². The van der Waals surface area contributed by atoms with Crippen LogP contribution in [-0.4, -0.2) is 10.2 Å². The van der Waals surface area contributed by atoms with Crippen LogP contribution in [0.3, 0.4) is 0 Å². The normalized spacial score (nSPS) is 10.5. The minimum absolute atomic E-state index is 0.0797. The van der Waals surface area contributed by atoms with Crippen LogP contribution in [0.5, 0.6) is 0 Å². The van der Waals surface area contributed by atoms with Crippen molar-refractivity contribution in [3.8, 4) is 0 Å². The van der Waals surface area contributed by atoms with E-state index in [1.165, 1.54) is 11.1 Å². The van der Waals surface area contributed by atoms with Crippen LogP contribution in [0.2, 0.25) is 0 Å². The third-order valence-corrected chi connectivity index (χ3v) is 3.13. The first-order valence-electron chi connectivity index (χ1n) is 6.73. The molecular formula is C16H16N4O. The second-order valence-electron chi connectivity index (χ2n) is 4.75. The standard InChI is InChI=1S/C16H16N4O/c17-15-18-19-16(21-15)20(11-13-7-3-1-4-8-13)12-14-9-5-2-6-10-14/h1-10H,11-12H2,(H2,17,18). The van der Waals surface area contributed by atoms with Crippen LogP contribution in [0, 0.1) is 0 Å². The highest BCUT2D eigenvalue weighted by Crippen LogP contribution is 2.19. The van der Waals surface area contributed by atoms with Crippen LogP contribution in [0.25, 0.3) is 0 Å². The van der Waals surface area contributed by atoms with Gasteiger partial charge in [0.15, 0.2) is 0 Å². The summed E-state index contributed by atoms with van der Waals surface area (Å²) in [6.45, 7) is 1.36. The maximum absolute atomic E-state index is 5.54. The van der Waals surface area contributed by atoms with Gasteiger partial charge in [-0.2, -0.15) is 0 Å². The molecule has 3 aromatic rings. The first-order valence-corrected chi connectivity index (χ1v) is 6.73. The maximum atomic E-state index is 5.54. The van der Waals surface area contributed by atoms with Crippen molar-refractivity contribution in [1.29, 1.82) is 0 Å². The third-order valence-electron chi connectivity index (χ3n) is 3.13. The summed E-state index contributed by atoms with van der Waals surface area (Å²) in [5, 5.41) is 7.73. The number of benzene rings is 2. The molecule has 1 aromatic heterocycles. The molecule has 0 saturated heterocycles. The molecule has 0 atom stereocenters. The lowest BCUT2D eigenvalue weighted by Crippen LogP contribution is -2.22. The van der Waals surface area contributed by atoms with E-state index in [0.717, 1.165) is 0 Å². The van der Waals surface area contributed by atoms with Gasteiger partial charge in [0.25, 0.3) is 0 Å². The van der Waals surface area contributed by atoms with E-state index in [0.29, 0.717) is 19.1 Å². The van der Waals surface area contributed by atoms with Gasteiger partial charge >= 0.3 is 12.0 Å². The summed E-state index contributed by atoms with van der Waals surface area (Å²) in [7, 11) is 0. The first-order chi connectivity index (χ1) is 10.3. The van der Waals surface area contributed by atoms with E-state index in [1.54, 1.807) is 0 Å². The average molecular weight is 280 g/mol. The molecule has 5 heteroatoms. The van der Waals surface area contributed by atoms with Gasteiger partial charge in [-0.25, -0.2) is 0 Å².